The average Bonchev–Trinajstić information content (AvgIpc) is 2.73. The quantitative estimate of drug-likeness (QED) is 0.741. The fourth-order valence-electron chi connectivity index (χ4n) is 2.40. The van der Waals surface area contributed by atoms with E-state index in [4.69, 9.17) is 5.11 Å². The Morgan fingerprint density at radius 1 is 1.33 bits per heavy atom. The molecule has 1 atom stereocenters. The largest absolute Gasteiger partial charge is 0.481 e. The van der Waals surface area contributed by atoms with E-state index in [-0.39, 0.29) is 5.92 Å². The number of aromatic amines is 1. The van der Waals surface area contributed by atoms with Crippen LogP contribution in [-0.4, -0.2) is 16.1 Å². The van der Waals surface area contributed by atoms with Crippen molar-refractivity contribution in [2.75, 3.05) is 0 Å². The van der Waals surface area contributed by atoms with Gasteiger partial charge in [-0.1, -0.05) is 18.2 Å². The summed E-state index contributed by atoms with van der Waals surface area (Å²) in [6.45, 7) is 0. The first kappa shape index (κ1) is 8.53. The number of carbonyl (C=O) groups is 1. The molecule has 0 bridgehead atoms. The van der Waals surface area contributed by atoms with Crippen molar-refractivity contribution < 1.29 is 9.90 Å². The molecule has 0 fully saturated rings. The first-order chi connectivity index (χ1) is 7.25. The number of aromatic nitrogens is 1. The van der Waals surface area contributed by atoms with Gasteiger partial charge in [0.1, 0.15) is 0 Å². The van der Waals surface area contributed by atoms with E-state index < -0.39 is 5.97 Å². The van der Waals surface area contributed by atoms with Gasteiger partial charge in [-0.05, 0) is 18.1 Å². The maximum absolute atomic E-state index is 10.9. The second-order valence-corrected chi connectivity index (χ2v) is 4.07. The van der Waals surface area contributed by atoms with E-state index in [9.17, 15) is 4.79 Å². The molecule has 1 heterocycles. The molecule has 1 aliphatic carbocycles. The molecule has 3 rings (SSSR count). The molecule has 0 radical (unpaired) electrons. The van der Waals surface area contributed by atoms with Crippen molar-refractivity contribution in [2.45, 2.75) is 12.8 Å². The van der Waals surface area contributed by atoms with Gasteiger partial charge in [0.05, 0.1) is 5.92 Å². The minimum atomic E-state index is -0.691. The van der Waals surface area contributed by atoms with Gasteiger partial charge >= 0.3 is 5.97 Å². The smallest absolute Gasteiger partial charge is 0.307 e. The Morgan fingerprint density at radius 2 is 2.13 bits per heavy atom. The van der Waals surface area contributed by atoms with Gasteiger partial charge in [0.25, 0.3) is 0 Å². The lowest BCUT2D eigenvalue weighted by atomic mass is 10.1. The first-order valence-corrected chi connectivity index (χ1v) is 5.07. The van der Waals surface area contributed by atoms with Crippen molar-refractivity contribution in [1.29, 1.82) is 0 Å². The Morgan fingerprint density at radius 3 is 2.93 bits per heavy atom. The van der Waals surface area contributed by atoms with Crippen LogP contribution in [0.25, 0.3) is 10.9 Å². The van der Waals surface area contributed by atoms with Crippen molar-refractivity contribution in [1.82, 2.24) is 4.98 Å². The number of hydrogen-bond donors (Lipinski definition) is 2. The number of hydrogen-bond acceptors (Lipinski definition) is 1. The number of fused-ring (bicyclic) bond motifs is 3. The van der Waals surface area contributed by atoms with Gasteiger partial charge < -0.3 is 10.1 Å². The molecule has 2 aromatic rings. The van der Waals surface area contributed by atoms with Crippen LogP contribution in [0.1, 0.15) is 11.3 Å². The van der Waals surface area contributed by atoms with E-state index >= 15 is 0 Å². The minimum absolute atomic E-state index is 0.240. The van der Waals surface area contributed by atoms with E-state index in [1.54, 1.807) is 0 Å². The molecule has 76 valence electrons. The molecule has 15 heavy (non-hydrogen) atoms. The van der Waals surface area contributed by atoms with Crippen LogP contribution in [0.5, 0.6) is 0 Å². The van der Waals surface area contributed by atoms with Crippen LogP contribution in [0, 0.1) is 5.92 Å². The van der Waals surface area contributed by atoms with Crippen molar-refractivity contribution in [3.05, 3.63) is 35.5 Å². The molecular weight excluding hydrogens is 190 g/mol. The van der Waals surface area contributed by atoms with E-state index in [1.165, 1.54) is 10.9 Å². The lowest BCUT2D eigenvalue weighted by Gasteiger charge is -2.01. The molecule has 2 N–H and O–H groups in total. The Bertz CT molecular complexity index is 542. The summed E-state index contributed by atoms with van der Waals surface area (Å²) in [6.07, 6.45) is 1.30. The molecule has 1 aliphatic rings. The zero-order valence-corrected chi connectivity index (χ0v) is 8.16. The Balaban J connectivity index is 2.12. The molecule has 1 aromatic heterocycles. The van der Waals surface area contributed by atoms with Crippen LogP contribution < -0.4 is 0 Å². The topological polar surface area (TPSA) is 53.1 Å². The van der Waals surface area contributed by atoms with Crippen LogP contribution >= 0.6 is 0 Å². The third kappa shape index (κ3) is 1.16. The van der Waals surface area contributed by atoms with Gasteiger partial charge in [-0.3, -0.25) is 4.79 Å². The van der Waals surface area contributed by atoms with Crippen molar-refractivity contribution in [3.63, 3.8) is 0 Å². The number of H-pyrrole nitrogens is 1. The zero-order chi connectivity index (χ0) is 10.4. The highest BCUT2D eigenvalue weighted by Gasteiger charge is 2.29. The summed E-state index contributed by atoms with van der Waals surface area (Å²) in [5.41, 5.74) is 3.41. The van der Waals surface area contributed by atoms with Crippen LogP contribution in [0.4, 0.5) is 0 Å². The highest BCUT2D eigenvalue weighted by Crippen LogP contribution is 2.32. The zero-order valence-electron chi connectivity index (χ0n) is 8.16. The third-order valence-electron chi connectivity index (χ3n) is 3.15. The van der Waals surface area contributed by atoms with Gasteiger partial charge in [-0.15, -0.1) is 0 Å². The summed E-state index contributed by atoms with van der Waals surface area (Å²) in [5.74, 6) is -0.931. The van der Waals surface area contributed by atoms with Crippen molar-refractivity contribution in [3.8, 4) is 0 Å². The Labute approximate surface area is 86.7 Å². The Hall–Kier alpha value is -1.77. The summed E-state index contributed by atoms with van der Waals surface area (Å²) in [7, 11) is 0. The van der Waals surface area contributed by atoms with Crippen LogP contribution in [0.3, 0.4) is 0 Å². The maximum atomic E-state index is 10.9. The van der Waals surface area contributed by atoms with Crippen LogP contribution in [-0.2, 0) is 17.6 Å². The second kappa shape index (κ2) is 2.86. The molecule has 0 aliphatic heterocycles. The van der Waals surface area contributed by atoms with Gasteiger partial charge in [0.15, 0.2) is 0 Å². The molecule has 0 spiro atoms. The van der Waals surface area contributed by atoms with E-state index in [1.807, 2.05) is 18.2 Å². The average molecular weight is 201 g/mol. The third-order valence-corrected chi connectivity index (χ3v) is 3.15. The second-order valence-electron chi connectivity index (χ2n) is 4.07. The highest BCUT2D eigenvalue weighted by molar-refractivity contribution is 5.86. The predicted octanol–water partition coefficient (Wildman–Crippen LogP) is 1.97. The summed E-state index contributed by atoms with van der Waals surface area (Å²) in [5, 5.41) is 10.1. The van der Waals surface area contributed by atoms with E-state index in [0.29, 0.717) is 12.8 Å². The van der Waals surface area contributed by atoms with E-state index in [2.05, 4.69) is 11.1 Å². The lowest BCUT2D eigenvalue weighted by Crippen LogP contribution is -2.13. The molecule has 0 saturated heterocycles. The van der Waals surface area contributed by atoms with Crippen LogP contribution in [0.15, 0.2) is 24.3 Å². The fraction of sp³-hybridized carbons (Fsp3) is 0.250. The van der Waals surface area contributed by atoms with Gasteiger partial charge in [-0.2, -0.15) is 0 Å². The molecule has 3 nitrogen and oxygen atoms in total. The molecule has 1 aromatic carbocycles. The summed E-state index contributed by atoms with van der Waals surface area (Å²) in [6, 6.07) is 8.06. The molecule has 0 amide bonds. The number of carboxylic acids is 1. The number of aliphatic carboxylic acids is 1. The van der Waals surface area contributed by atoms with Gasteiger partial charge in [-0.25, -0.2) is 0 Å². The summed E-state index contributed by atoms with van der Waals surface area (Å²) >= 11 is 0. The summed E-state index contributed by atoms with van der Waals surface area (Å²) in [4.78, 5) is 14.2. The first-order valence-electron chi connectivity index (χ1n) is 5.07. The number of nitrogens with one attached hydrogen (secondary N) is 1. The van der Waals surface area contributed by atoms with Crippen LogP contribution in [0.2, 0.25) is 0 Å². The minimum Gasteiger partial charge on any atom is -0.481 e. The fourth-order valence-corrected chi connectivity index (χ4v) is 2.40. The lowest BCUT2D eigenvalue weighted by molar-refractivity contribution is -0.141. The molecule has 0 saturated carbocycles. The SMILES string of the molecule is O=C(O)[C@@H]1Cc2[nH]c3ccccc3c2C1. The van der Waals surface area contributed by atoms with Crippen molar-refractivity contribution in [2.24, 2.45) is 5.92 Å². The number of benzene rings is 1. The van der Waals surface area contributed by atoms with Gasteiger partial charge in [0, 0.05) is 23.0 Å². The number of para-hydroxylation sites is 1. The number of rotatable bonds is 1. The molecular formula is C12H11NO2. The molecule has 3 heteroatoms. The van der Waals surface area contributed by atoms with E-state index in [0.717, 1.165) is 11.2 Å². The normalized spacial score (nSPS) is 19.3. The standard InChI is InChI=1S/C12H11NO2/c14-12(15)7-5-9-8-3-1-2-4-10(8)13-11(9)6-7/h1-4,7,13H,5-6H2,(H,14,15)/t7-/m0/s1. The highest BCUT2D eigenvalue weighted by atomic mass is 16.4. The Kier molecular flexibility index (Phi) is 1.63. The number of carboxylic acid groups (broad SMARTS) is 1. The molecule has 0 unspecified atom stereocenters. The monoisotopic (exact) mass is 201 g/mol. The maximum Gasteiger partial charge on any atom is 0.307 e. The van der Waals surface area contributed by atoms with Gasteiger partial charge in [0.2, 0.25) is 0 Å². The summed E-state index contributed by atoms with van der Waals surface area (Å²) < 4.78 is 0. The predicted molar refractivity (Wildman–Crippen MR) is 56.8 cm³/mol. The van der Waals surface area contributed by atoms with Crippen molar-refractivity contribution >= 4 is 16.9 Å².